The number of anilines is 1. The van der Waals surface area contributed by atoms with Gasteiger partial charge in [0.25, 0.3) is 11.8 Å². The lowest BCUT2D eigenvalue weighted by Gasteiger charge is -2.13. The van der Waals surface area contributed by atoms with Crippen LogP contribution in [0.25, 0.3) is 6.08 Å². The fraction of sp³-hybridized carbons (Fsp3) is 0.200. The quantitative estimate of drug-likeness (QED) is 0.666. The second kappa shape index (κ2) is 8.15. The molecule has 2 aromatic carbocycles. The predicted octanol–water partition coefficient (Wildman–Crippen LogP) is 2.84. The van der Waals surface area contributed by atoms with Crippen LogP contribution in [0.15, 0.2) is 48.5 Å². The first kappa shape index (κ1) is 18.3. The first-order valence-electron chi connectivity index (χ1n) is 8.00. The number of carbonyl (C=O) groups is 2. The Hall–Kier alpha value is -3.08. The van der Waals surface area contributed by atoms with Gasteiger partial charge in [0.1, 0.15) is 0 Å². The van der Waals surface area contributed by atoms with Crippen molar-refractivity contribution >= 4 is 23.6 Å². The monoisotopic (exact) mass is 337 g/mol. The molecule has 0 radical (unpaired) electrons. The summed E-state index contributed by atoms with van der Waals surface area (Å²) in [5, 5.41) is 0. The molecule has 0 bridgehead atoms. The molecule has 0 spiro atoms. The molecule has 0 heterocycles. The first-order chi connectivity index (χ1) is 11.9. The largest absolute Gasteiger partial charge is 0.378 e. The summed E-state index contributed by atoms with van der Waals surface area (Å²) in [6.07, 6.45) is 3.12. The molecule has 2 N–H and O–H groups in total. The second-order valence-corrected chi connectivity index (χ2v) is 6.08. The maximum atomic E-state index is 12.1. The minimum atomic E-state index is -0.392. The summed E-state index contributed by atoms with van der Waals surface area (Å²) < 4.78 is 0. The maximum absolute atomic E-state index is 12.1. The van der Waals surface area contributed by atoms with Gasteiger partial charge in [0.05, 0.1) is 0 Å². The molecular weight excluding hydrogens is 314 g/mol. The number of hydrogen-bond acceptors (Lipinski definition) is 3. The standard InChI is InChI=1S/C20H23N3O2/c1-14-8-9-16(15(2)12-14)10-11-19(24)21-22-20(25)17-6-5-7-18(13-17)23(3)4/h5-13H,1-4H3,(H,21,24)(H,22,25)/b11-10+. The topological polar surface area (TPSA) is 61.4 Å². The van der Waals surface area contributed by atoms with E-state index in [1.165, 1.54) is 11.6 Å². The van der Waals surface area contributed by atoms with Crippen LogP contribution in [-0.2, 0) is 4.79 Å². The van der Waals surface area contributed by atoms with Crippen LogP contribution in [0.1, 0.15) is 27.0 Å². The Labute approximate surface area is 148 Å². The van der Waals surface area contributed by atoms with Gasteiger partial charge < -0.3 is 4.90 Å². The van der Waals surface area contributed by atoms with Crippen molar-refractivity contribution < 1.29 is 9.59 Å². The Morgan fingerprint density at radius 1 is 1.00 bits per heavy atom. The highest BCUT2D eigenvalue weighted by molar-refractivity contribution is 5.98. The number of nitrogens with one attached hydrogen (secondary N) is 2. The number of amides is 2. The third-order valence-corrected chi connectivity index (χ3v) is 3.76. The van der Waals surface area contributed by atoms with Crippen molar-refractivity contribution in [2.45, 2.75) is 13.8 Å². The molecule has 0 unspecified atom stereocenters. The van der Waals surface area contributed by atoms with E-state index in [2.05, 4.69) is 16.9 Å². The molecule has 0 saturated heterocycles. The molecule has 5 heteroatoms. The van der Waals surface area contributed by atoms with Gasteiger partial charge in [-0.25, -0.2) is 0 Å². The normalized spacial score (nSPS) is 10.6. The zero-order valence-electron chi connectivity index (χ0n) is 15.0. The molecule has 0 atom stereocenters. The van der Waals surface area contributed by atoms with Crippen molar-refractivity contribution in [2.24, 2.45) is 0 Å². The Bertz CT molecular complexity index is 810. The molecule has 2 aromatic rings. The van der Waals surface area contributed by atoms with E-state index in [0.717, 1.165) is 16.8 Å². The number of nitrogens with zero attached hydrogens (tertiary/aromatic N) is 1. The van der Waals surface area contributed by atoms with E-state index in [0.29, 0.717) is 5.56 Å². The Morgan fingerprint density at radius 3 is 2.44 bits per heavy atom. The van der Waals surface area contributed by atoms with Gasteiger partial charge in [-0.05, 0) is 49.2 Å². The molecule has 0 aliphatic carbocycles. The summed E-state index contributed by atoms with van der Waals surface area (Å²) in [6.45, 7) is 4.01. The molecule has 130 valence electrons. The van der Waals surface area contributed by atoms with Gasteiger partial charge in [0.15, 0.2) is 0 Å². The summed E-state index contributed by atoms with van der Waals surface area (Å²) in [5.74, 6) is -0.756. The Balaban J connectivity index is 1.94. The van der Waals surface area contributed by atoms with E-state index >= 15 is 0 Å². The highest BCUT2D eigenvalue weighted by Crippen LogP contribution is 2.13. The number of hydrazine groups is 1. The van der Waals surface area contributed by atoms with Gasteiger partial charge in [-0.15, -0.1) is 0 Å². The van der Waals surface area contributed by atoms with Crippen LogP contribution in [0.4, 0.5) is 5.69 Å². The molecule has 5 nitrogen and oxygen atoms in total. The smallest absolute Gasteiger partial charge is 0.269 e. The third kappa shape index (κ3) is 5.21. The highest BCUT2D eigenvalue weighted by Gasteiger charge is 2.07. The van der Waals surface area contributed by atoms with Crippen LogP contribution < -0.4 is 15.8 Å². The number of aryl methyl sites for hydroxylation is 2. The summed E-state index contributed by atoms with van der Waals surface area (Å²) >= 11 is 0. The average molecular weight is 337 g/mol. The molecule has 0 aliphatic heterocycles. The van der Waals surface area contributed by atoms with Crippen molar-refractivity contribution in [3.8, 4) is 0 Å². The molecular formula is C20H23N3O2. The average Bonchev–Trinajstić information content (AvgIpc) is 2.59. The SMILES string of the molecule is Cc1ccc(/C=C/C(=O)NNC(=O)c2cccc(N(C)C)c2)c(C)c1. The second-order valence-electron chi connectivity index (χ2n) is 6.08. The van der Waals surface area contributed by atoms with Crippen LogP contribution >= 0.6 is 0 Å². The van der Waals surface area contributed by atoms with E-state index in [1.807, 2.05) is 51.0 Å². The van der Waals surface area contributed by atoms with E-state index in [1.54, 1.807) is 24.3 Å². The van der Waals surface area contributed by atoms with Crippen molar-refractivity contribution in [1.29, 1.82) is 0 Å². The van der Waals surface area contributed by atoms with Crippen molar-refractivity contribution in [3.05, 3.63) is 70.8 Å². The number of rotatable bonds is 4. The third-order valence-electron chi connectivity index (χ3n) is 3.76. The van der Waals surface area contributed by atoms with Gasteiger partial charge in [-0.1, -0.05) is 29.8 Å². The van der Waals surface area contributed by atoms with Crippen LogP contribution in [0.2, 0.25) is 0 Å². The molecule has 0 aromatic heterocycles. The maximum Gasteiger partial charge on any atom is 0.269 e. The van der Waals surface area contributed by atoms with Gasteiger partial charge in [-0.2, -0.15) is 0 Å². The van der Waals surface area contributed by atoms with Crippen molar-refractivity contribution in [3.63, 3.8) is 0 Å². The fourth-order valence-electron chi connectivity index (χ4n) is 2.34. The lowest BCUT2D eigenvalue weighted by Crippen LogP contribution is -2.40. The van der Waals surface area contributed by atoms with Crippen LogP contribution in [0.3, 0.4) is 0 Å². The molecule has 25 heavy (non-hydrogen) atoms. The number of hydrogen-bond donors (Lipinski definition) is 2. The van der Waals surface area contributed by atoms with Crippen LogP contribution in [0.5, 0.6) is 0 Å². The van der Waals surface area contributed by atoms with Crippen molar-refractivity contribution in [2.75, 3.05) is 19.0 Å². The van der Waals surface area contributed by atoms with Crippen LogP contribution in [0, 0.1) is 13.8 Å². The van der Waals surface area contributed by atoms with Gasteiger partial charge in [-0.3, -0.25) is 20.4 Å². The Morgan fingerprint density at radius 2 is 1.76 bits per heavy atom. The zero-order valence-corrected chi connectivity index (χ0v) is 15.0. The number of benzene rings is 2. The summed E-state index contributed by atoms with van der Waals surface area (Å²) in [4.78, 5) is 25.9. The summed E-state index contributed by atoms with van der Waals surface area (Å²) in [7, 11) is 3.80. The molecule has 0 saturated carbocycles. The zero-order chi connectivity index (χ0) is 18.4. The molecule has 2 amide bonds. The summed E-state index contributed by atoms with van der Waals surface area (Å²) in [6, 6.07) is 13.2. The first-order valence-corrected chi connectivity index (χ1v) is 8.00. The molecule has 0 fully saturated rings. The van der Waals surface area contributed by atoms with Crippen molar-refractivity contribution in [1.82, 2.24) is 10.9 Å². The van der Waals surface area contributed by atoms with Gasteiger partial charge in [0.2, 0.25) is 0 Å². The predicted molar refractivity (Wildman–Crippen MR) is 101 cm³/mol. The highest BCUT2D eigenvalue weighted by atomic mass is 16.2. The van der Waals surface area contributed by atoms with E-state index in [4.69, 9.17) is 0 Å². The fourth-order valence-corrected chi connectivity index (χ4v) is 2.34. The Kier molecular flexibility index (Phi) is 5.95. The van der Waals surface area contributed by atoms with E-state index < -0.39 is 5.91 Å². The van der Waals surface area contributed by atoms with Crippen LogP contribution in [-0.4, -0.2) is 25.9 Å². The van der Waals surface area contributed by atoms with Gasteiger partial charge in [0, 0.05) is 31.4 Å². The lowest BCUT2D eigenvalue weighted by molar-refractivity contribution is -0.117. The van der Waals surface area contributed by atoms with E-state index in [-0.39, 0.29) is 5.91 Å². The van der Waals surface area contributed by atoms with Gasteiger partial charge >= 0.3 is 0 Å². The minimum Gasteiger partial charge on any atom is -0.378 e. The molecule has 2 rings (SSSR count). The minimum absolute atomic E-state index is 0.364. The van der Waals surface area contributed by atoms with E-state index in [9.17, 15) is 9.59 Å². The number of carbonyl (C=O) groups excluding carboxylic acids is 2. The summed E-state index contributed by atoms with van der Waals surface area (Å²) in [5.41, 5.74) is 9.42. The molecule has 0 aliphatic rings. The lowest BCUT2D eigenvalue weighted by atomic mass is 10.1.